The predicted octanol–water partition coefficient (Wildman–Crippen LogP) is 1.10. The quantitative estimate of drug-likeness (QED) is 0.686. The van der Waals surface area contributed by atoms with E-state index in [0.717, 1.165) is 18.5 Å². The van der Waals surface area contributed by atoms with E-state index in [1.165, 1.54) is 5.56 Å². The van der Waals surface area contributed by atoms with Crippen LogP contribution in [0.5, 0.6) is 0 Å². The van der Waals surface area contributed by atoms with Crippen LogP contribution in [-0.4, -0.2) is 23.2 Å². The van der Waals surface area contributed by atoms with Crippen LogP contribution in [0.15, 0.2) is 24.3 Å². The van der Waals surface area contributed by atoms with Gasteiger partial charge in [-0.15, -0.1) is 0 Å². The number of nitrogens with zero attached hydrogens (tertiary/aromatic N) is 1. The van der Waals surface area contributed by atoms with Crippen LogP contribution in [0.1, 0.15) is 18.4 Å². The SMILES string of the molecule is O=C1C(O)CC2CCc3ccccc3N12. The average Bonchev–Trinajstić information content (AvgIpc) is 2.55. The lowest BCUT2D eigenvalue weighted by Crippen LogP contribution is -2.38. The fourth-order valence-electron chi connectivity index (χ4n) is 2.65. The van der Waals surface area contributed by atoms with Gasteiger partial charge in [0.15, 0.2) is 0 Å². The molecule has 3 nitrogen and oxygen atoms in total. The first-order chi connectivity index (χ1) is 7.27. The van der Waals surface area contributed by atoms with Gasteiger partial charge >= 0.3 is 0 Å². The number of carbonyl (C=O) groups excluding carboxylic acids is 1. The number of aryl methyl sites for hydroxylation is 1. The largest absolute Gasteiger partial charge is 0.383 e. The summed E-state index contributed by atoms with van der Waals surface area (Å²) in [6.07, 6.45) is 1.78. The van der Waals surface area contributed by atoms with E-state index in [2.05, 4.69) is 6.07 Å². The molecule has 0 aliphatic carbocycles. The van der Waals surface area contributed by atoms with Gasteiger partial charge in [0.2, 0.25) is 0 Å². The summed E-state index contributed by atoms with van der Waals surface area (Å²) in [6.45, 7) is 0. The summed E-state index contributed by atoms with van der Waals surface area (Å²) < 4.78 is 0. The summed E-state index contributed by atoms with van der Waals surface area (Å²) in [5.74, 6) is -0.132. The third-order valence-corrected chi connectivity index (χ3v) is 3.38. The van der Waals surface area contributed by atoms with Gasteiger partial charge < -0.3 is 10.0 Å². The van der Waals surface area contributed by atoms with Crippen LogP contribution in [0.3, 0.4) is 0 Å². The highest BCUT2D eigenvalue weighted by molar-refractivity contribution is 6.00. The standard InChI is InChI=1S/C12H13NO2/c14-11-7-9-6-5-8-3-1-2-4-10(8)13(9)12(11)15/h1-4,9,11,14H,5-7H2. The Hall–Kier alpha value is -1.35. The van der Waals surface area contributed by atoms with Crippen LogP contribution >= 0.6 is 0 Å². The molecule has 1 aromatic rings. The van der Waals surface area contributed by atoms with Gasteiger partial charge in [-0.1, -0.05) is 18.2 Å². The van der Waals surface area contributed by atoms with Gasteiger partial charge in [-0.2, -0.15) is 0 Å². The van der Waals surface area contributed by atoms with E-state index in [0.29, 0.717) is 6.42 Å². The molecule has 3 heteroatoms. The molecule has 2 aliphatic rings. The minimum atomic E-state index is -0.791. The Morgan fingerprint density at radius 2 is 2.13 bits per heavy atom. The van der Waals surface area contributed by atoms with Crippen molar-refractivity contribution in [3.8, 4) is 0 Å². The van der Waals surface area contributed by atoms with E-state index >= 15 is 0 Å². The molecule has 0 saturated carbocycles. The fraction of sp³-hybridized carbons (Fsp3) is 0.417. The van der Waals surface area contributed by atoms with Crippen LogP contribution in [-0.2, 0) is 11.2 Å². The summed E-state index contributed by atoms with van der Waals surface area (Å²) in [5, 5.41) is 9.56. The van der Waals surface area contributed by atoms with Crippen molar-refractivity contribution >= 4 is 11.6 Å². The number of carbonyl (C=O) groups is 1. The first kappa shape index (κ1) is 8.92. The Morgan fingerprint density at radius 3 is 3.00 bits per heavy atom. The molecule has 78 valence electrons. The van der Waals surface area contributed by atoms with E-state index in [9.17, 15) is 9.90 Å². The van der Waals surface area contributed by atoms with E-state index in [4.69, 9.17) is 0 Å². The number of anilines is 1. The lowest BCUT2D eigenvalue weighted by molar-refractivity contribution is -0.124. The topological polar surface area (TPSA) is 40.5 Å². The fourth-order valence-corrected chi connectivity index (χ4v) is 2.65. The molecule has 0 bridgehead atoms. The van der Waals surface area contributed by atoms with Crippen molar-refractivity contribution in [1.82, 2.24) is 0 Å². The van der Waals surface area contributed by atoms with Crippen LogP contribution in [0.4, 0.5) is 5.69 Å². The molecule has 15 heavy (non-hydrogen) atoms. The molecule has 1 aromatic carbocycles. The van der Waals surface area contributed by atoms with Gasteiger partial charge in [0.05, 0.1) is 0 Å². The molecule has 0 aromatic heterocycles. The lowest BCUT2D eigenvalue weighted by Gasteiger charge is -2.31. The second kappa shape index (κ2) is 3.07. The number of hydrogen-bond donors (Lipinski definition) is 1. The summed E-state index contributed by atoms with van der Waals surface area (Å²) >= 11 is 0. The molecule has 1 fully saturated rings. The van der Waals surface area contributed by atoms with Gasteiger partial charge in [0.1, 0.15) is 6.10 Å². The zero-order valence-electron chi connectivity index (χ0n) is 8.39. The monoisotopic (exact) mass is 203 g/mol. The lowest BCUT2D eigenvalue weighted by atomic mass is 9.96. The van der Waals surface area contributed by atoms with Crippen molar-refractivity contribution in [2.24, 2.45) is 0 Å². The summed E-state index contributed by atoms with van der Waals surface area (Å²) in [5.41, 5.74) is 2.21. The smallest absolute Gasteiger partial charge is 0.256 e. The van der Waals surface area contributed by atoms with Crippen molar-refractivity contribution < 1.29 is 9.90 Å². The number of fused-ring (bicyclic) bond motifs is 3. The van der Waals surface area contributed by atoms with Gasteiger partial charge in [-0.25, -0.2) is 0 Å². The molecular weight excluding hydrogens is 190 g/mol. The van der Waals surface area contributed by atoms with Crippen molar-refractivity contribution in [3.63, 3.8) is 0 Å². The predicted molar refractivity (Wildman–Crippen MR) is 56.7 cm³/mol. The van der Waals surface area contributed by atoms with E-state index in [1.807, 2.05) is 18.2 Å². The highest BCUT2D eigenvalue weighted by Gasteiger charge is 2.41. The molecule has 1 N–H and O–H groups in total. The summed E-state index contributed by atoms with van der Waals surface area (Å²) in [6, 6.07) is 8.18. The molecular formula is C12H13NO2. The minimum absolute atomic E-state index is 0.132. The molecule has 1 amide bonds. The maximum atomic E-state index is 11.8. The van der Waals surface area contributed by atoms with E-state index in [-0.39, 0.29) is 11.9 Å². The van der Waals surface area contributed by atoms with Gasteiger partial charge in [0, 0.05) is 18.2 Å². The van der Waals surface area contributed by atoms with Crippen molar-refractivity contribution in [1.29, 1.82) is 0 Å². The van der Waals surface area contributed by atoms with Crippen molar-refractivity contribution in [3.05, 3.63) is 29.8 Å². The number of hydrogen-bond acceptors (Lipinski definition) is 2. The molecule has 2 unspecified atom stereocenters. The van der Waals surface area contributed by atoms with Gasteiger partial charge in [0.25, 0.3) is 5.91 Å². The molecule has 2 atom stereocenters. The zero-order chi connectivity index (χ0) is 10.4. The second-order valence-electron chi connectivity index (χ2n) is 4.28. The average molecular weight is 203 g/mol. The van der Waals surface area contributed by atoms with Gasteiger partial charge in [-0.05, 0) is 24.5 Å². The molecule has 3 rings (SSSR count). The third-order valence-electron chi connectivity index (χ3n) is 3.38. The number of aliphatic hydroxyl groups excluding tert-OH is 1. The van der Waals surface area contributed by atoms with Crippen LogP contribution < -0.4 is 4.90 Å². The Bertz CT molecular complexity index is 416. The maximum absolute atomic E-state index is 11.8. The van der Waals surface area contributed by atoms with Gasteiger partial charge in [-0.3, -0.25) is 4.79 Å². The molecule has 2 aliphatic heterocycles. The first-order valence-corrected chi connectivity index (χ1v) is 5.36. The maximum Gasteiger partial charge on any atom is 0.256 e. The zero-order valence-corrected chi connectivity index (χ0v) is 8.39. The van der Waals surface area contributed by atoms with E-state index < -0.39 is 6.10 Å². The van der Waals surface area contributed by atoms with Crippen LogP contribution in [0.25, 0.3) is 0 Å². The van der Waals surface area contributed by atoms with Crippen molar-refractivity contribution in [2.75, 3.05) is 4.90 Å². The summed E-state index contributed by atoms with van der Waals surface area (Å²) in [7, 11) is 0. The number of aliphatic hydroxyl groups is 1. The summed E-state index contributed by atoms with van der Waals surface area (Å²) in [4.78, 5) is 13.6. The molecule has 1 saturated heterocycles. The highest BCUT2D eigenvalue weighted by atomic mass is 16.3. The Labute approximate surface area is 88.3 Å². The number of rotatable bonds is 0. The minimum Gasteiger partial charge on any atom is -0.383 e. The third kappa shape index (κ3) is 1.20. The van der Waals surface area contributed by atoms with Crippen LogP contribution in [0.2, 0.25) is 0 Å². The molecule has 0 radical (unpaired) electrons. The van der Waals surface area contributed by atoms with E-state index in [1.54, 1.807) is 4.90 Å². The number of benzene rings is 1. The van der Waals surface area contributed by atoms with Crippen LogP contribution in [0, 0.1) is 0 Å². The Morgan fingerprint density at radius 1 is 1.33 bits per heavy atom. The first-order valence-electron chi connectivity index (χ1n) is 5.36. The molecule has 0 spiro atoms. The Balaban J connectivity index is 2.08. The molecule has 2 heterocycles. The number of para-hydroxylation sites is 1. The highest BCUT2D eigenvalue weighted by Crippen LogP contribution is 2.36. The second-order valence-corrected chi connectivity index (χ2v) is 4.28. The number of amides is 1. The normalized spacial score (nSPS) is 28.9. The van der Waals surface area contributed by atoms with Crippen molar-refractivity contribution in [2.45, 2.75) is 31.4 Å². The Kier molecular flexibility index (Phi) is 1.83.